The Morgan fingerprint density at radius 2 is 2.17 bits per heavy atom. The molecule has 0 aromatic heterocycles. The molecule has 1 heterocycles. The van der Waals surface area contributed by atoms with Crippen LogP contribution in [0.5, 0.6) is 0 Å². The fourth-order valence-electron chi connectivity index (χ4n) is 3.52. The van der Waals surface area contributed by atoms with Crippen molar-refractivity contribution in [2.45, 2.75) is 63.5 Å². The van der Waals surface area contributed by atoms with Crippen molar-refractivity contribution >= 4 is 11.8 Å². The average Bonchev–Trinajstić information content (AvgIpc) is 2.41. The van der Waals surface area contributed by atoms with Gasteiger partial charge in [-0.3, -0.25) is 11.3 Å². The number of thioether (sulfide) groups is 1. The fraction of sp³-hybridized carbons (Fsp3) is 1.00. The molecule has 1 spiro atoms. The van der Waals surface area contributed by atoms with Crippen LogP contribution in [0.25, 0.3) is 0 Å². The number of nitrogens with two attached hydrogens (primary N) is 1. The molecule has 18 heavy (non-hydrogen) atoms. The van der Waals surface area contributed by atoms with E-state index in [9.17, 15) is 0 Å². The summed E-state index contributed by atoms with van der Waals surface area (Å²) in [6.07, 6.45) is 8.99. The van der Waals surface area contributed by atoms with Gasteiger partial charge in [-0.25, -0.2) is 0 Å². The molecule has 3 N–H and O–H groups in total. The summed E-state index contributed by atoms with van der Waals surface area (Å²) in [6.45, 7) is 3.14. The minimum Gasteiger partial charge on any atom is -0.375 e. The Bertz CT molecular complexity index is 238. The van der Waals surface area contributed by atoms with Crippen LogP contribution in [-0.4, -0.2) is 29.8 Å². The molecule has 0 aromatic rings. The van der Waals surface area contributed by atoms with Crippen molar-refractivity contribution in [1.82, 2.24) is 5.43 Å². The number of hydrazine groups is 1. The van der Waals surface area contributed by atoms with Gasteiger partial charge in [0.05, 0.1) is 5.60 Å². The zero-order chi connectivity index (χ0) is 12.8. The molecular formula is C14H28N2OS. The summed E-state index contributed by atoms with van der Waals surface area (Å²) in [5, 5.41) is 0. The van der Waals surface area contributed by atoms with Crippen molar-refractivity contribution in [3.8, 4) is 0 Å². The molecule has 2 fully saturated rings. The molecule has 3 nitrogen and oxygen atoms in total. The van der Waals surface area contributed by atoms with E-state index in [-0.39, 0.29) is 5.60 Å². The maximum absolute atomic E-state index is 6.16. The maximum atomic E-state index is 6.16. The monoisotopic (exact) mass is 272 g/mol. The number of hydrogen-bond acceptors (Lipinski definition) is 4. The number of rotatable bonds is 5. The quantitative estimate of drug-likeness (QED) is 0.597. The molecule has 106 valence electrons. The maximum Gasteiger partial charge on any atom is 0.0685 e. The van der Waals surface area contributed by atoms with Gasteiger partial charge in [-0.2, -0.15) is 11.8 Å². The van der Waals surface area contributed by atoms with Crippen LogP contribution in [0, 0.1) is 5.92 Å². The summed E-state index contributed by atoms with van der Waals surface area (Å²) >= 11 is 1.99. The van der Waals surface area contributed by atoms with E-state index >= 15 is 0 Å². The van der Waals surface area contributed by atoms with E-state index in [0.29, 0.717) is 12.0 Å². The van der Waals surface area contributed by atoms with Crippen molar-refractivity contribution in [1.29, 1.82) is 0 Å². The number of ether oxygens (including phenoxy) is 1. The van der Waals surface area contributed by atoms with Gasteiger partial charge in [-0.05, 0) is 37.4 Å². The average molecular weight is 272 g/mol. The molecule has 4 heteroatoms. The summed E-state index contributed by atoms with van der Waals surface area (Å²) in [4.78, 5) is 0. The lowest BCUT2D eigenvalue weighted by atomic mass is 9.74. The highest BCUT2D eigenvalue weighted by Gasteiger charge is 2.40. The standard InChI is InChI=1S/C14H28N2OS/c1-2-18-11-13(16-15)12-6-9-17-14(10-12)7-4-3-5-8-14/h12-13,16H,2-11,15H2,1H3. The van der Waals surface area contributed by atoms with Gasteiger partial charge < -0.3 is 4.74 Å². The zero-order valence-electron chi connectivity index (χ0n) is 11.6. The summed E-state index contributed by atoms with van der Waals surface area (Å²) in [6, 6.07) is 0.456. The summed E-state index contributed by atoms with van der Waals surface area (Å²) in [7, 11) is 0. The van der Waals surface area contributed by atoms with Gasteiger partial charge in [0.1, 0.15) is 0 Å². The van der Waals surface area contributed by atoms with Gasteiger partial charge in [-0.1, -0.05) is 26.2 Å². The third kappa shape index (κ3) is 3.62. The minimum absolute atomic E-state index is 0.202. The molecule has 0 radical (unpaired) electrons. The molecule has 1 saturated heterocycles. The van der Waals surface area contributed by atoms with Crippen LogP contribution in [0.1, 0.15) is 51.9 Å². The lowest BCUT2D eigenvalue weighted by molar-refractivity contribution is -0.120. The van der Waals surface area contributed by atoms with Crippen LogP contribution in [0.3, 0.4) is 0 Å². The van der Waals surface area contributed by atoms with Crippen molar-refractivity contribution in [2.24, 2.45) is 11.8 Å². The smallest absolute Gasteiger partial charge is 0.0685 e. The van der Waals surface area contributed by atoms with E-state index in [2.05, 4.69) is 12.3 Å². The van der Waals surface area contributed by atoms with Crippen LogP contribution in [-0.2, 0) is 4.74 Å². The van der Waals surface area contributed by atoms with Crippen LogP contribution >= 0.6 is 11.8 Å². The van der Waals surface area contributed by atoms with Gasteiger partial charge in [-0.15, -0.1) is 0 Å². The van der Waals surface area contributed by atoms with Gasteiger partial charge in [0.2, 0.25) is 0 Å². The number of hydrogen-bond donors (Lipinski definition) is 2. The second-order valence-corrected chi connectivity index (χ2v) is 7.10. The first-order valence-corrected chi connectivity index (χ1v) is 8.63. The predicted molar refractivity (Wildman–Crippen MR) is 78.6 cm³/mol. The third-order valence-electron chi connectivity index (χ3n) is 4.58. The van der Waals surface area contributed by atoms with Crippen molar-refractivity contribution in [3.05, 3.63) is 0 Å². The highest BCUT2D eigenvalue weighted by molar-refractivity contribution is 7.99. The molecule has 2 rings (SSSR count). The molecule has 2 aliphatic rings. The minimum atomic E-state index is 0.202. The van der Waals surface area contributed by atoms with Gasteiger partial charge in [0, 0.05) is 18.4 Å². The molecule has 1 aliphatic carbocycles. The zero-order valence-corrected chi connectivity index (χ0v) is 12.4. The molecule has 0 aromatic carbocycles. The molecular weight excluding hydrogens is 244 g/mol. The summed E-state index contributed by atoms with van der Waals surface area (Å²) in [5.74, 6) is 8.76. The van der Waals surface area contributed by atoms with E-state index in [1.54, 1.807) is 0 Å². The van der Waals surface area contributed by atoms with Gasteiger partial charge >= 0.3 is 0 Å². The summed E-state index contributed by atoms with van der Waals surface area (Å²) < 4.78 is 6.16. The van der Waals surface area contributed by atoms with E-state index in [1.165, 1.54) is 50.7 Å². The molecule has 2 unspecified atom stereocenters. The fourth-order valence-corrected chi connectivity index (χ4v) is 4.38. The Morgan fingerprint density at radius 3 is 2.83 bits per heavy atom. The highest BCUT2D eigenvalue weighted by atomic mass is 32.2. The second kappa shape index (κ2) is 7.13. The van der Waals surface area contributed by atoms with Crippen LogP contribution in [0.4, 0.5) is 0 Å². The normalized spacial score (nSPS) is 29.3. The van der Waals surface area contributed by atoms with Crippen molar-refractivity contribution in [2.75, 3.05) is 18.1 Å². The first kappa shape index (κ1) is 14.6. The van der Waals surface area contributed by atoms with Crippen molar-refractivity contribution in [3.63, 3.8) is 0 Å². The predicted octanol–water partition coefficient (Wildman–Crippen LogP) is 2.70. The number of nitrogens with one attached hydrogen (secondary N) is 1. The van der Waals surface area contributed by atoms with E-state index in [4.69, 9.17) is 10.6 Å². The topological polar surface area (TPSA) is 47.3 Å². The molecule has 0 bridgehead atoms. The van der Waals surface area contributed by atoms with Gasteiger partial charge in [0.15, 0.2) is 0 Å². The van der Waals surface area contributed by atoms with Gasteiger partial charge in [0.25, 0.3) is 0 Å². The molecule has 1 aliphatic heterocycles. The Labute approximate surface area is 116 Å². The lowest BCUT2D eigenvalue weighted by Crippen LogP contribution is -2.50. The van der Waals surface area contributed by atoms with Crippen LogP contribution < -0.4 is 11.3 Å². The van der Waals surface area contributed by atoms with Crippen LogP contribution in [0.15, 0.2) is 0 Å². The Kier molecular flexibility index (Phi) is 5.80. The lowest BCUT2D eigenvalue weighted by Gasteiger charge is -2.45. The van der Waals surface area contributed by atoms with E-state index < -0.39 is 0 Å². The van der Waals surface area contributed by atoms with E-state index in [1.807, 2.05) is 11.8 Å². The SMILES string of the molecule is CCSCC(NN)C1CCOC2(CCCCC2)C1. The molecule has 0 amide bonds. The molecule has 2 atom stereocenters. The third-order valence-corrected chi connectivity index (χ3v) is 5.58. The van der Waals surface area contributed by atoms with Crippen LogP contribution in [0.2, 0.25) is 0 Å². The first-order chi connectivity index (χ1) is 8.79. The highest BCUT2D eigenvalue weighted by Crippen LogP contribution is 2.41. The Balaban J connectivity index is 1.91. The van der Waals surface area contributed by atoms with E-state index in [0.717, 1.165) is 12.4 Å². The molecule has 1 saturated carbocycles. The summed E-state index contributed by atoms with van der Waals surface area (Å²) in [5.41, 5.74) is 3.25. The van der Waals surface area contributed by atoms with Crippen molar-refractivity contribution < 1.29 is 4.74 Å². The second-order valence-electron chi connectivity index (χ2n) is 5.78. The largest absolute Gasteiger partial charge is 0.375 e. The Morgan fingerprint density at radius 1 is 1.39 bits per heavy atom. The Hall–Kier alpha value is 0.230. The first-order valence-electron chi connectivity index (χ1n) is 7.47.